The molecule has 3 aromatic rings. The monoisotopic (exact) mass is 363 g/mol. The lowest BCUT2D eigenvalue weighted by molar-refractivity contribution is -0.148. The number of carbonyl (C=O) groups is 2. The van der Waals surface area contributed by atoms with Gasteiger partial charge >= 0.3 is 5.97 Å². The molecule has 1 amide bonds. The van der Waals surface area contributed by atoms with Gasteiger partial charge < -0.3 is 9.64 Å². The van der Waals surface area contributed by atoms with Crippen molar-refractivity contribution in [2.75, 3.05) is 18.1 Å². The number of anilines is 1. The first-order valence-electron chi connectivity index (χ1n) is 8.61. The average molecular weight is 363 g/mol. The second-order valence-electron chi connectivity index (χ2n) is 6.28. The van der Waals surface area contributed by atoms with Gasteiger partial charge in [0.25, 0.3) is 11.5 Å². The zero-order valence-corrected chi connectivity index (χ0v) is 14.5. The van der Waals surface area contributed by atoms with Crippen molar-refractivity contribution in [2.45, 2.75) is 13.0 Å². The van der Waals surface area contributed by atoms with Crippen molar-refractivity contribution in [1.82, 2.24) is 9.55 Å². The molecular weight excluding hydrogens is 346 g/mol. The van der Waals surface area contributed by atoms with Crippen LogP contribution in [0.3, 0.4) is 0 Å². The Labute approximate surface area is 154 Å². The number of fused-ring (bicyclic) bond motifs is 2. The SMILES string of the molecule is O=C(Cn1cnc2ccccc2c1=O)OCC(=O)N1CCc2ccccc21. The van der Waals surface area contributed by atoms with E-state index in [-0.39, 0.29) is 24.6 Å². The zero-order chi connectivity index (χ0) is 18.8. The van der Waals surface area contributed by atoms with Gasteiger partial charge in [0, 0.05) is 12.2 Å². The van der Waals surface area contributed by atoms with Gasteiger partial charge in [-0.25, -0.2) is 4.98 Å². The van der Waals surface area contributed by atoms with Crippen LogP contribution in [0.25, 0.3) is 10.9 Å². The molecule has 0 saturated heterocycles. The lowest BCUT2D eigenvalue weighted by atomic mass is 10.2. The fraction of sp³-hybridized carbons (Fsp3) is 0.200. The molecule has 2 heterocycles. The van der Waals surface area contributed by atoms with Crippen molar-refractivity contribution in [2.24, 2.45) is 0 Å². The Morgan fingerprint density at radius 3 is 2.74 bits per heavy atom. The normalized spacial score (nSPS) is 12.8. The van der Waals surface area contributed by atoms with Gasteiger partial charge in [0.15, 0.2) is 6.61 Å². The minimum Gasteiger partial charge on any atom is -0.454 e. The Kier molecular flexibility index (Phi) is 4.42. The molecular formula is C20H17N3O4. The van der Waals surface area contributed by atoms with E-state index in [1.807, 2.05) is 24.3 Å². The second-order valence-corrected chi connectivity index (χ2v) is 6.28. The zero-order valence-electron chi connectivity index (χ0n) is 14.5. The predicted octanol–water partition coefficient (Wildman–Crippen LogP) is 1.53. The summed E-state index contributed by atoms with van der Waals surface area (Å²) in [5.41, 5.74) is 2.20. The summed E-state index contributed by atoms with van der Waals surface area (Å²) in [6.45, 7) is -0.0761. The third-order valence-corrected chi connectivity index (χ3v) is 4.58. The minimum atomic E-state index is -0.657. The van der Waals surface area contributed by atoms with Crippen molar-refractivity contribution in [3.05, 3.63) is 70.8 Å². The van der Waals surface area contributed by atoms with Crippen molar-refractivity contribution >= 4 is 28.5 Å². The van der Waals surface area contributed by atoms with Crippen molar-refractivity contribution in [1.29, 1.82) is 0 Å². The van der Waals surface area contributed by atoms with Crippen LogP contribution in [0.4, 0.5) is 5.69 Å². The maximum absolute atomic E-state index is 12.4. The van der Waals surface area contributed by atoms with E-state index in [1.165, 1.54) is 10.9 Å². The molecule has 1 aliphatic heterocycles. The van der Waals surface area contributed by atoms with E-state index in [4.69, 9.17) is 4.74 Å². The number of amides is 1. The first-order valence-corrected chi connectivity index (χ1v) is 8.61. The molecule has 0 unspecified atom stereocenters. The maximum atomic E-state index is 12.4. The quantitative estimate of drug-likeness (QED) is 0.657. The van der Waals surface area contributed by atoms with E-state index in [0.717, 1.165) is 17.7 Å². The van der Waals surface area contributed by atoms with Gasteiger partial charge in [-0.2, -0.15) is 0 Å². The number of nitrogens with zero attached hydrogens (tertiary/aromatic N) is 3. The molecule has 0 aliphatic carbocycles. The minimum absolute atomic E-state index is 0.280. The number of esters is 1. The second kappa shape index (κ2) is 7.03. The van der Waals surface area contributed by atoms with E-state index in [2.05, 4.69) is 4.98 Å². The smallest absolute Gasteiger partial charge is 0.326 e. The molecule has 0 atom stereocenters. The Morgan fingerprint density at radius 1 is 1.07 bits per heavy atom. The number of ether oxygens (including phenoxy) is 1. The van der Waals surface area contributed by atoms with E-state index in [9.17, 15) is 14.4 Å². The number of carbonyl (C=O) groups excluding carboxylic acids is 2. The topological polar surface area (TPSA) is 81.5 Å². The highest BCUT2D eigenvalue weighted by atomic mass is 16.5. The summed E-state index contributed by atoms with van der Waals surface area (Å²) >= 11 is 0. The lowest BCUT2D eigenvalue weighted by Gasteiger charge is -2.17. The Bertz CT molecular complexity index is 1090. The number of aromatic nitrogens is 2. The number of rotatable bonds is 4. The molecule has 1 aliphatic rings. The van der Waals surface area contributed by atoms with Crippen molar-refractivity contribution in [3.63, 3.8) is 0 Å². The highest BCUT2D eigenvalue weighted by molar-refractivity contribution is 5.97. The summed E-state index contributed by atoms with van der Waals surface area (Å²) in [6.07, 6.45) is 2.10. The van der Waals surface area contributed by atoms with Crippen molar-refractivity contribution in [3.8, 4) is 0 Å². The van der Waals surface area contributed by atoms with Crippen LogP contribution in [0.5, 0.6) is 0 Å². The summed E-state index contributed by atoms with van der Waals surface area (Å²) in [4.78, 5) is 42.6. The third-order valence-electron chi connectivity index (χ3n) is 4.58. The molecule has 0 radical (unpaired) electrons. The summed E-state index contributed by atoms with van der Waals surface area (Å²) in [7, 11) is 0. The van der Waals surface area contributed by atoms with Crippen molar-refractivity contribution < 1.29 is 14.3 Å². The molecule has 7 heteroatoms. The highest BCUT2D eigenvalue weighted by Gasteiger charge is 2.24. The van der Waals surface area contributed by atoms with Gasteiger partial charge in [-0.15, -0.1) is 0 Å². The number of para-hydroxylation sites is 2. The molecule has 0 fully saturated rings. The third kappa shape index (κ3) is 3.31. The molecule has 4 rings (SSSR count). The molecule has 0 saturated carbocycles. The van der Waals surface area contributed by atoms with E-state index in [0.29, 0.717) is 17.4 Å². The van der Waals surface area contributed by atoms with Gasteiger partial charge in [0.2, 0.25) is 0 Å². The van der Waals surface area contributed by atoms with Crippen LogP contribution < -0.4 is 10.5 Å². The van der Waals surface area contributed by atoms with Gasteiger partial charge in [-0.3, -0.25) is 19.0 Å². The number of hydrogen-bond donors (Lipinski definition) is 0. The molecule has 27 heavy (non-hydrogen) atoms. The van der Waals surface area contributed by atoms with Gasteiger partial charge in [0.05, 0.1) is 17.2 Å². The molecule has 7 nitrogen and oxygen atoms in total. The van der Waals surface area contributed by atoms with Gasteiger partial charge in [-0.05, 0) is 30.2 Å². The van der Waals surface area contributed by atoms with E-state index in [1.54, 1.807) is 29.2 Å². The maximum Gasteiger partial charge on any atom is 0.326 e. The molecule has 2 aromatic carbocycles. The molecule has 0 bridgehead atoms. The van der Waals surface area contributed by atoms with Gasteiger partial charge in [-0.1, -0.05) is 30.3 Å². The Morgan fingerprint density at radius 2 is 1.85 bits per heavy atom. The highest BCUT2D eigenvalue weighted by Crippen LogP contribution is 2.27. The summed E-state index contributed by atoms with van der Waals surface area (Å²) in [6, 6.07) is 14.6. The van der Waals surface area contributed by atoms with E-state index < -0.39 is 5.97 Å². The first kappa shape index (κ1) is 17.0. The fourth-order valence-corrected chi connectivity index (χ4v) is 3.22. The number of hydrogen-bond acceptors (Lipinski definition) is 5. The summed E-state index contributed by atoms with van der Waals surface area (Å²) in [5, 5.41) is 0.428. The summed E-state index contributed by atoms with van der Waals surface area (Å²) in [5.74, 6) is -0.938. The Hall–Kier alpha value is -3.48. The fourth-order valence-electron chi connectivity index (χ4n) is 3.22. The van der Waals surface area contributed by atoms with E-state index >= 15 is 0 Å². The van der Waals surface area contributed by atoms with Crippen LogP contribution in [-0.4, -0.2) is 34.6 Å². The van der Waals surface area contributed by atoms with Gasteiger partial charge in [0.1, 0.15) is 6.54 Å². The van der Waals surface area contributed by atoms with Crippen LogP contribution in [-0.2, 0) is 27.3 Å². The largest absolute Gasteiger partial charge is 0.454 e. The van der Waals surface area contributed by atoms with Crippen LogP contribution >= 0.6 is 0 Å². The van der Waals surface area contributed by atoms with Crippen LogP contribution in [0.15, 0.2) is 59.7 Å². The molecule has 0 N–H and O–H groups in total. The van der Waals surface area contributed by atoms with Crippen LogP contribution in [0.2, 0.25) is 0 Å². The molecule has 1 aromatic heterocycles. The number of benzene rings is 2. The lowest BCUT2D eigenvalue weighted by Crippen LogP contribution is -2.34. The molecule has 136 valence electrons. The molecule has 0 spiro atoms. The van der Waals surface area contributed by atoms with Crippen LogP contribution in [0.1, 0.15) is 5.56 Å². The van der Waals surface area contributed by atoms with Crippen LogP contribution in [0, 0.1) is 0 Å². The predicted molar refractivity (Wildman–Crippen MR) is 99.5 cm³/mol. The Balaban J connectivity index is 1.40. The average Bonchev–Trinajstić information content (AvgIpc) is 3.13. The standard InChI is InChI=1S/C20H17N3O4/c24-18(23-10-9-14-5-1-4-8-17(14)23)12-27-19(25)11-22-13-21-16-7-3-2-6-15(16)20(22)26/h1-8,13H,9-12H2. The first-order chi connectivity index (χ1) is 13.1. The summed E-state index contributed by atoms with van der Waals surface area (Å²) < 4.78 is 6.27.